The number of ether oxygens (including phenoxy) is 1. The lowest BCUT2D eigenvalue weighted by Gasteiger charge is -2.08. The first-order valence-corrected chi connectivity index (χ1v) is 4.24. The van der Waals surface area contributed by atoms with E-state index in [2.05, 4.69) is 0 Å². The standard InChI is InChI=1S/C10H15NO2/c1-13-7-8-2-4-9(5-3-8)10(12)6-11/h2-5,10,12H,6-7,11H2,1H3. The zero-order chi connectivity index (χ0) is 9.68. The highest BCUT2D eigenvalue weighted by molar-refractivity contribution is 5.23. The molecule has 3 nitrogen and oxygen atoms in total. The minimum absolute atomic E-state index is 0.254. The van der Waals surface area contributed by atoms with Crippen LogP contribution in [-0.2, 0) is 11.3 Å². The average Bonchev–Trinajstić information content (AvgIpc) is 2.18. The predicted octanol–water partition coefficient (Wildman–Crippen LogP) is 0.825. The van der Waals surface area contributed by atoms with Crippen LogP contribution in [0.1, 0.15) is 17.2 Å². The molecule has 3 heteroatoms. The smallest absolute Gasteiger partial charge is 0.0912 e. The molecule has 1 aromatic carbocycles. The second-order valence-electron chi connectivity index (χ2n) is 2.93. The summed E-state index contributed by atoms with van der Waals surface area (Å²) in [5, 5.41) is 9.39. The Hall–Kier alpha value is -0.900. The number of hydrogen-bond acceptors (Lipinski definition) is 3. The maximum atomic E-state index is 9.39. The number of hydrogen-bond donors (Lipinski definition) is 2. The Morgan fingerprint density at radius 2 is 2.00 bits per heavy atom. The van der Waals surface area contributed by atoms with Gasteiger partial charge in [-0.25, -0.2) is 0 Å². The summed E-state index contributed by atoms with van der Waals surface area (Å²) in [5.74, 6) is 0. The van der Waals surface area contributed by atoms with Gasteiger partial charge in [-0.05, 0) is 11.1 Å². The molecule has 0 saturated carbocycles. The molecule has 72 valence electrons. The SMILES string of the molecule is COCc1ccc(C(O)CN)cc1. The Balaban J connectivity index is 2.69. The van der Waals surface area contributed by atoms with Crippen LogP contribution in [0.15, 0.2) is 24.3 Å². The third-order valence-electron chi connectivity index (χ3n) is 1.90. The topological polar surface area (TPSA) is 55.5 Å². The van der Waals surface area contributed by atoms with E-state index in [-0.39, 0.29) is 6.54 Å². The Labute approximate surface area is 78.1 Å². The predicted molar refractivity (Wildman–Crippen MR) is 51.2 cm³/mol. The first kappa shape index (κ1) is 10.2. The van der Waals surface area contributed by atoms with Crippen LogP contribution in [0.2, 0.25) is 0 Å². The van der Waals surface area contributed by atoms with Crippen LogP contribution in [0.5, 0.6) is 0 Å². The minimum atomic E-state index is -0.559. The molecule has 0 heterocycles. The molecule has 1 atom stereocenters. The van der Waals surface area contributed by atoms with Gasteiger partial charge in [0.1, 0.15) is 0 Å². The molecule has 1 unspecified atom stereocenters. The van der Waals surface area contributed by atoms with E-state index < -0.39 is 6.10 Å². The summed E-state index contributed by atoms with van der Waals surface area (Å²) in [4.78, 5) is 0. The van der Waals surface area contributed by atoms with Gasteiger partial charge in [0.15, 0.2) is 0 Å². The zero-order valence-corrected chi connectivity index (χ0v) is 7.73. The second kappa shape index (κ2) is 4.97. The van der Waals surface area contributed by atoms with Crippen molar-refractivity contribution in [3.05, 3.63) is 35.4 Å². The van der Waals surface area contributed by atoms with Gasteiger partial charge in [-0.2, -0.15) is 0 Å². The fraction of sp³-hybridized carbons (Fsp3) is 0.400. The summed E-state index contributed by atoms with van der Waals surface area (Å²) in [6.07, 6.45) is -0.559. The highest BCUT2D eigenvalue weighted by Crippen LogP contribution is 2.12. The average molecular weight is 181 g/mol. The molecule has 0 fully saturated rings. The van der Waals surface area contributed by atoms with Crippen molar-refractivity contribution in [2.24, 2.45) is 5.73 Å². The van der Waals surface area contributed by atoms with Gasteiger partial charge in [0.25, 0.3) is 0 Å². The van der Waals surface area contributed by atoms with Crippen molar-refractivity contribution >= 4 is 0 Å². The number of benzene rings is 1. The number of rotatable bonds is 4. The summed E-state index contributed by atoms with van der Waals surface area (Å²) in [7, 11) is 1.66. The van der Waals surface area contributed by atoms with Gasteiger partial charge in [0, 0.05) is 13.7 Å². The molecule has 0 amide bonds. The maximum Gasteiger partial charge on any atom is 0.0912 e. The van der Waals surface area contributed by atoms with Crippen molar-refractivity contribution in [3.63, 3.8) is 0 Å². The number of methoxy groups -OCH3 is 1. The van der Waals surface area contributed by atoms with Gasteiger partial charge < -0.3 is 15.6 Å². The molecule has 1 aromatic rings. The largest absolute Gasteiger partial charge is 0.387 e. The van der Waals surface area contributed by atoms with Gasteiger partial charge in [0.05, 0.1) is 12.7 Å². The Bertz CT molecular complexity index is 246. The molecule has 0 aromatic heterocycles. The van der Waals surface area contributed by atoms with Gasteiger partial charge >= 0.3 is 0 Å². The van der Waals surface area contributed by atoms with Crippen molar-refractivity contribution in [1.29, 1.82) is 0 Å². The maximum absolute atomic E-state index is 9.39. The molecule has 0 aliphatic rings. The second-order valence-corrected chi connectivity index (χ2v) is 2.93. The highest BCUT2D eigenvalue weighted by Gasteiger charge is 2.03. The number of aliphatic hydroxyl groups is 1. The van der Waals surface area contributed by atoms with E-state index in [1.54, 1.807) is 7.11 Å². The summed E-state index contributed by atoms with van der Waals surface area (Å²) >= 11 is 0. The molecular formula is C10H15NO2. The molecule has 13 heavy (non-hydrogen) atoms. The summed E-state index contributed by atoms with van der Waals surface area (Å²) in [6.45, 7) is 0.850. The van der Waals surface area contributed by atoms with Crippen molar-refractivity contribution < 1.29 is 9.84 Å². The third-order valence-corrected chi connectivity index (χ3v) is 1.90. The molecule has 0 spiro atoms. The molecule has 0 saturated heterocycles. The monoisotopic (exact) mass is 181 g/mol. The van der Waals surface area contributed by atoms with E-state index in [0.717, 1.165) is 11.1 Å². The lowest BCUT2D eigenvalue weighted by molar-refractivity contribution is 0.182. The van der Waals surface area contributed by atoms with E-state index in [1.807, 2.05) is 24.3 Å². The first-order chi connectivity index (χ1) is 6.27. The van der Waals surface area contributed by atoms with Crippen LogP contribution in [0.25, 0.3) is 0 Å². The van der Waals surface area contributed by atoms with Crippen molar-refractivity contribution in [2.75, 3.05) is 13.7 Å². The zero-order valence-electron chi connectivity index (χ0n) is 7.73. The molecule has 0 radical (unpaired) electrons. The molecule has 0 aliphatic heterocycles. The lowest BCUT2D eigenvalue weighted by Crippen LogP contribution is -2.11. The van der Waals surface area contributed by atoms with E-state index in [9.17, 15) is 5.11 Å². The summed E-state index contributed by atoms with van der Waals surface area (Å²) in [6, 6.07) is 7.59. The Morgan fingerprint density at radius 1 is 1.38 bits per heavy atom. The van der Waals surface area contributed by atoms with E-state index in [1.165, 1.54) is 0 Å². The number of aliphatic hydroxyl groups excluding tert-OH is 1. The van der Waals surface area contributed by atoms with E-state index in [4.69, 9.17) is 10.5 Å². The van der Waals surface area contributed by atoms with Crippen molar-refractivity contribution in [1.82, 2.24) is 0 Å². The third kappa shape index (κ3) is 2.81. The van der Waals surface area contributed by atoms with Crippen LogP contribution < -0.4 is 5.73 Å². The Morgan fingerprint density at radius 3 is 2.46 bits per heavy atom. The van der Waals surface area contributed by atoms with Gasteiger partial charge in [0.2, 0.25) is 0 Å². The fourth-order valence-corrected chi connectivity index (χ4v) is 1.14. The van der Waals surface area contributed by atoms with E-state index >= 15 is 0 Å². The first-order valence-electron chi connectivity index (χ1n) is 4.24. The number of nitrogens with two attached hydrogens (primary N) is 1. The lowest BCUT2D eigenvalue weighted by atomic mass is 10.1. The van der Waals surface area contributed by atoms with Gasteiger partial charge in [-0.1, -0.05) is 24.3 Å². The normalized spacial score (nSPS) is 12.8. The van der Waals surface area contributed by atoms with Crippen molar-refractivity contribution in [3.8, 4) is 0 Å². The summed E-state index contributed by atoms with van der Waals surface area (Å²) in [5.41, 5.74) is 7.27. The fourth-order valence-electron chi connectivity index (χ4n) is 1.14. The Kier molecular flexibility index (Phi) is 3.89. The van der Waals surface area contributed by atoms with Gasteiger partial charge in [-0.3, -0.25) is 0 Å². The van der Waals surface area contributed by atoms with Gasteiger partial charge in [-0.15, -0.1) is 0 Å². The van der Waals surface area contributed by atoms with Crippen LogP contribution in [-0.4, -0.2) is 18.8 Å². The quantitative estimate of drug-likeness (QED) is 0.723. The highest BCUT2D eigenvalue weighted by atomic mass is 16.5. The van der Waals surface area contributed by atoms with Crippen LogP contribution in [0.3, 0.4) is 0 Å². The summed E-state index contributed by atoms with van der Waals surface area (Å²) < 4.78 is 4.97. The minimum Gasteiger partial charge on any atom is -0.387 e. The molecule has 3 N–H and O–H groups in total. The molecule has 0 bridgehead atoms. The molecule has 1 rings (SSSR count). The van der Waals surface area contributed by atoms with Crippen LogP contribution in [0, 0.1) is 0 Å². The van der Waals surface area contributed by atoms with E-state index in [0.29, 0.717) is 6.61 Å². The van der Waals surface area contributed by atoms with Crippen molar-refractivity contribution in [2.45, 2.75) is 12.7 Å². The van der Waals surface area contributed by atoms with Crippen LogP contribution in [0.4, 0.5) is 0 Å². The molecular weight excluding hydrogens is 166 g/mol. The van der Waals surface area contributed by atoms with Crippen LogP contribution >= 0.6 is 0 Å². The molecule has 0 aliphatic carbocycles.